The molecule has 1 rings (SSSR count). The van der Waals surface area contributed by atoms with Gasteiger partial charge in [-0.25, -0.2) is 4.73 Å². The lowest BCUT2D eigenvalue weighted by molar-refractivity contribution is 0.187. The van der Waals surface area contributed by atoms with Crippen molar-refractivity contribution in [2.45, 2.75) is 0 Å². The van der Waals surface area contributed by atoms with Gasteiger partial charge in [-0.3, -0.25) is 0 Å². The molecule has 0 spiro atoms. The Labute approximate surface area is 52.1 Å². The summed E-state index contributed by atoms with van der Waals surface area (Å²) >= 11 is 0. The Bertz CT molecular complexity index is 115. The standard InChI is InChI=1S/C4H5NO.BrH/c6-5-3-1-2-4-5;/h1-4,6H;1H. The highest BCUT2D eigenvalue weighted by Crippen LogP contribution is 1.79. The van der Waals surface area contributed by atoms with E-state index in [1.165, 1.54) is 0 Å². The summed E-state index contributed by atoms with van der Waals surface area (Å²) in [6, 6.07) is 3.50. The van der Waals surface area contributed by atoms with Crippen LogP contribution in [-0.4, -0.2) is 9.94 Å². The fraction of sp³-hybridized carbons (Fsp3) is 0. The normalized spacial score (nSPS) is 7.43. The first kappa shape index (κ1) is 6.56. The zero-order valence-electron chi connectivity index (χ0n) is 3.61. The van der Waals surface area contributed by atoms with Gasteiger partial charge >= 0.3 is 0 Å². The first-order valence-electron chi connectivity index (χ1n) is 1.72. The van der Waals surface area contributed by atoms with Crippen molar-refractivity contribution in [2.75, 3.05) is 0 Å². The molecule has 0 aliphatic carbocycles. The number of halogens is 1. The Morgan fingerprint density at radius 3 is 1.71 bits per heavy atom. The highest BCUT2D eigenvalue weighted by atomic mass is 79.9. The van der Waals surface area contributed by atoms with Crippen LogP contribution in [0.3, 0.4) is 0 Å². The lowest BCUT2D eigenvalue weighted by atomic mass is 10.7. The van der Waals surface area contributed by atoms with E-state index in [1.807, 2.05) is 0 Å². The third kappa shape index (κ3) is 1.64. The SMILES string of the molecule is Br.On1cccc1. The van der Waals surface area contributed by atoms with E-state index in [9.17, 15) is 0 Å². The van der Waals surface area contributed by atoms with E-state index in [2.05, 4.69) is 0 Å². The first-order chi connectivity index (χ1) is 2.89. The van der Waals surface area contributed by atoms with E-state index in [4.69, 9.17) is 5.21 Å². The molecule has 3 heteroatoms. The molecule has 1 heterocycles. The van der Waals surface area contributed by atoms with Gasteiger partial charge < -0.3 is 5.21 Å². The highest BCUT2D eigenvalue weighted by Gasteiger charge is 1.70. The summed E-state index contributed by atoms with van der Waals surface area (Å²) < 4.78 is 1.00. The first-order valence-corrected chi connectivity index (χ1v) is 1.72. The molecule has 0 bridgehead atoms. The Kier molecular flexibility index (Phi) is 2.52. The average molecular weight is 164 g/mol. The van der Waals surface area contributed by atoms with Crippen LogP contribution in [0.15, 0.2) is 24.5 Å². The molecule has 1 aromatic rings. The van der Waals surface area contributed by atoms with Crippen LogP contribution >= 0.6 is 17.0 Å². The maximum absolute atomic E-state index is 8.39. The zero-order valence-corrected chi connectivity index (χ0v) is 5.33. The lowest BCUT2D eigenvalue weighted by Crippen LogP contribution is -1.78. The largest absolute Gasteiger partial charge is 0.429 e. The van der Waals surface area contributed by atoms with Crippen molar-refractivity contribution in [3.8, 4) is 0 Å². The van der Waals surface area contributed by atoms with Crippen molar-refractivity contribution in [2.24, 2.45) is 0 Å². The van der Waals surface area contributed by atoms with Crippen molar-refractivity contribution in [1.29, 1.82) is 0 Å². The fourth-order valence-electron chi connectivity index (χ4n) is 0.325. The summed E-state index contributed by atoms with van der Waals surface area (Å²) in [5, 5.41) is 8.39. The summed E-state index contributed by atoms with van der Waals surface area (Å²) in [5.41, 5.74) is 0. The minimum atomic E-state index is 0. The quantitative estimate of drug-likeness (QED) is 0.574. The molecular formula is C4H6BrNO. The maximum Gasteiger partial charge on any atom is 0.0432 e. The van der Waals surface area contributed by atoms with Gasteiger partial charge in [0.15, 0.2) is 0 Å². The van der Waals surface area contributed by atoms with Crippen molar-refractivity contribution in [3.05, 3.63) is 24.5 Å². The Morgan fingerprint density at radius 1 is 1.14 bits per heavy atom. The molecule has 0 unspecified atom stereocenters. The second-order valence-corrected chi connectivity index (χ2v) is 1.06. The maximum atomic E-state index is 8.39. The van der Waals surface area contributed by atoms with Gasteiger partial charge in [0.05, 0.1) is 0 Å². The molecule has 0 aliphatic heterocycles. The van der Waals surface area contributed by atoms with Crippen LogP contribution in [0.2, 0.25) is 0 Å². The predicted octanol–water partition coefficient (Wildman–Crippen LogP) is 1.30. The zero-order chi connectivity index (χ0) is 4.41. The third-order valence-corrected chi connectivity index (χ3v) is 0.589. The van der Waals surface area contributed by atoms with E-state index >= 15 is 0 Å². The second kappa shape index (κ2) is 2.69. The minimum Gasteiger partial charge on any atom is -0.429 e. The molecule has 0 radical (unpaired) electrons. The van der Waals surface area contributed by atoms with Gasteiger partial charge in [0.25, 0.3) is 0 Å². The molecule has 40 valence electrons. The van der Waals surface area contributed by atoms with Gasteiger partial charge in [0.2, 0.25) is 0 Å². The van der Waals surface area contributed by atoms with Crippen molar-refractivity contribution in [3.63, 3.8) is 0 Å². The summed E-state index contributed by atoms with van der Waals surface area (Å²) in [4.78, 5) is 0. The van der Waals surface area contributed by atoms with E-state index in [0.29, 0.717) is 0 Å². The molecule has 0 aromatic carbocycles. The lowest BCUT2D eigenvalue weighted by Gasteiger charge is -1.79. The summed E-state index contributed by atoms with van der Waals surface area (Å²) in [6.45, 7) is 0. The van der Waals surface area contributed by atoms with E-state index in [-0.39, 0.29) is 17.0 Å². The van der Waals surface area contributed by atoms with Crippen LogP contribution in [0.4, 0.5) is 0 Å². The van der Waals surface area contributed by atoms with Crippen LogP contribution < -0.4 is 0 Å². The molecule has 0 saturated heterocycles. The molecule has 7 heavy (non-hydrogen) atoms. The molecule has 1 aromatic heterocycles. The van der Waals surface area contributed by atoms with Gasteiger partial charge in [-0.1, -0.05) is 0 Å². The van der Waals surface area contributed by atoms with Gasteiger partial charge in [0.1, 0.15) is 0 Å². The smallest absolute Gasteiger partial charge is 0.0432 e. The molecule has 0 aliphatic rings. The van der Waals surface area contributed by atoms with Crippen molar-refractivity contribution in [1.82, 2.24) is 4.73 Å². The van der Waals surface area contributed by atoms with Crippen LogP contribution in [-0.2, 0) is 0 Å². The second-order valence-electron chi connectivity index (χ2n) is 1.06. The Hall–Kier alpha value is -0.440. The number of hydrogen-bond donors (Lipinski definition) is 1. The summed E-state index contributed by atoms with van der Waals surface area (Å²) in [7, 11) is 0. The number of aromatic nitrogens is 1. The topological polar surface area (TPSA) is 25.2 Å². The summed E-state index contributed by atoms with van der Waals surface area (Å²) in [6.07, 6.45) is 3.11. The van der Waals surface area contributed by atoms with Crippen LogP contribution in [0.1, 0.15) is 0 Å². The number of rotatable bonds is 0. The third-order valence-electron chi connectivity index (χ3n) is 0.589. The number of hydrogen-bond acceptors (Lipinski definition) is 1. The van der Waals surface area contributed by atoms with Crippen molar-refractivity contribution < 1.29 is 5.21 Å². The summed E-state index contributed by atoms with van der Waals surface area (Å²) in [5.74, 6) is 0. The average Bonchev–Trinajstić information content (AvgIpc) is 1.86. The fourth-order valence-corrected chi connectivity index (χ4v) is 0.325. The molecule has 0 saturated carbocycles. The van der Waals surface area contributed by atoms with Gasteiger partial charge in [-0.15, -0.1) is 17.0 Å². The molecule has 1 N–H and O–H groups in total. The highest BCUT2D eigenvalue weighted by molar-refractivity contribution is 8.93. The molecule has 0 fully saturated rings. The van der Waals surface area contributed by atoms with Crippen molar-refractivity contribution >= 4 is 17.0 Å². The minimum absolute atomic E-state index is 0. The van der Waals surface area contributed by atoms with Gasteiger partial charge in [0, 0.05) is 12.4 Å². The molecular weight excluding hydrogens is 158 g/mol. The van der Waals surface area contributed by atoms with E-state index in [1.54, 1.807) is 24.5 Å². The number of nitrogens with zero attached hydrogens (tertiary/aromatic N) is 1. The van der Waals surface area contributed by atoms with E-state index in [0.717, 1.165) is 4.73 Å². The monoisotopic (exact) mass is 163 g/mol. The van der Waals surface area contributed by atoms with Gasteiger partial charge in [-0.05, 0) is 12.1 Å². The molecule has 0 amide bonds. The van der Waals surface area contributed by atoms with Crippen LogP contribution in [0, 0.1) is 0 Å². The predicted molar refractivity (Wildman–Crippen MR) is 31.9 cm³/mol. The molecule has 2 nitrogen and oxygen atoms in total. The van der Waals surface area contributed by atoms with Crippen LogP contribution in [0.25, 0.3) is 0 Å². The van der Waals surface area contributed by atoms with Crippen LogP contribution in [0.5, 0.6) is 0 Å². The molecule has 0 atom stereocenters. The Balaban J connectivity index is 0.000000360. The van der Waals surface area contributed by atoms with E-state index < -0.39 is 0 Å². The Morgan fingerprint density at radius 2 is 1.57 bits per heavy atom. The van der Waals surface area contributed by atoms with Gasteiger partial charge in [-0.2, -0.15) is 0 Å².